The number of rotatable bonds is 6. The molecule has 36 heavy (non-hydrogen) atoms. The fourth-order valence-corrected chi connectivity index (χ4v) is 5.02. The zero-order valence-corrected chi connectivity index (χ0v) is 20.6. The Kier molecular flexibility index (Phi) is 6.03. The number of hydrogen-bond donors (Lipinski definition) is 2. The van der Waals surface area contributed by atoms with Gasteiger partial charge in [0.1, 0.15) is 11.6 Å². The number of aromatic hydroxyl groups is 1. The second-order valence-corrected chi connectivity index (χ2v) is 10.1. The molecule has 180 valence electrons. The van der Waals surface area contributed by atoms with Crippen molar-refractivity contribution in [1.82, 2.24) is 9.55 Å². The Labute approximate surface area is 209 Å². The molecule has 0 bridgehead atoms. The largest absolute Gasteiger partial charge is 0.507 e. The van der Waals surface area contributed by atoms with Crippen molar-refractivity contribution in [3.63, 3.8) is 0 Å². The average Bonchev–Trinajstić information content (AvgIpc) is 3.19. The van der Waals surface area contributed by atoms with E-state index in [1.165, 1.54) is 0 Å². The van der Waals surface area contributed by atoms with E-state index in [0.717, 1.165) is 16.6 Å². The van der Waals surface area contributed by atoms with Gasteiger partial charge < -0.3 is 9.67 Å². The third-order valence-corrected chi connectivity index (χ3v) is 7.28. The summed E-state index contributed by atoms with van der Waals surface area (Å²) in [7, 11) is -1.88. The molecule has 1 aromatic heterocycles. The molecule has 0 radical (unpaired) electrons. The zero-order chi connectivity index (χ0) is 25.3. The molecule has 0 atom stereocenters. The predicted molar refractivity (Wildman–Crippen MR) is 143 cm³/mol. The number of aromatic nitrogens is 2. The van der Waals surface area contributed by atoms with Gasteiger partial charge in [-0.2, -0.15) is 0 Å². The van der Waals surface area contributed by atoms with Crippen molar-refractivity contribution in [3.8, 4) is 17.1 Å². The quantitative estimate of drug-likeness (QED) is 0.290. The lowest BCUT2D eigenvalue weighted by molar-refractivity contribution is 0.474. The smallest absolute Gasteiger partial charge is 0.261 e. The highest BCUT2D eigenvalue weighted by Gasteiger charge is 2.19. The SMILES string of the molecule is Cc1ccc(S(=O)(=O)Nc2ccccc2-c2nc3cc(N=Cc4ccccc4O)ccc3n2C)cc1. The Bertz CT molecular complexity index is 1710. The Balaban J connectivity index is 1.50. The molecule has 1 heterocycles. The maximum Gasteiger partial charge on any atom is 0.261 e. The number of phenols is 1. The summed E-state index contributed by atoms with van der Waals surface area (Å²) in [6.07, 6.45) is 1.61. The molecule has 5 rings (SSSR count). The molecular formula is C28H24N4O3S. The van der Waals surface area contributed by atoms with Gasteiger partial charge in [0.2, 0.25) is 0 Å². The van der Waals surface area contributed by atoms with Gasteiger partial charge in [0.15, 0.2) is 0 Å². The molecule has 8 heteroatoms. The van der Waals surface area contributed by atoms with Crippen LogP contribution in [0, 0.1) is 6.92 Å². The van der Waals surface area contributed by atoms with E-state index >= 15 is 0 Å². The first kappa shape index (κ1) is 23.3. The molecule has 0 aliphatic carbocycles. The number of aliphatic imine (C=N–C) groups is 1. The Morgan fingerprint density at radius 1 is 0.944 bits per heavy atom. The summed E-state index contributed by atoms with van der Waals surface area (Å²) in [5.41, 5.74) is 4.98. The summed E-state index contributed by atoms with van der Waals surface area (Å²) < 4.78 is 30.7. The molecule has 0 saturated carbocycles. The minimum atomic E-state index is -3.77. The van der Waals surface area contributed by atoms with E-state index < -0.39 is 10.0 Å². The molecule has 0 spiro atoms. The van der Waals surface area contributed by atoms with Crippen LogP contribution in [0.1, 0.15) is 11.1 Å². The van der Waals surface area contributed by atoms with Gasteiger partial charge in [-0.05, 0) is 61.5 Å². The van der Waals surface area contributed by atoms with Gasteiger partial charge in [0.05, 0.1) is 27.3 Å². The van der Waals surface area contributed by atoms with E-state index in [2.05, 4.69) is 9.71 Å². The summed E-state index contributed by atoms with van der Waals surface area (Å²) in [6.45, 7) is 1.91. The number of imidazole rings is 1. The van der Waals surface area contributed by atoms with Crippen LogP contribution in [0.5, 0.6) is 5.75 Å². The van der Waals surface area contributed by atoms with Crippen molar-refractivity contribution in [1.29, 1.82) is 0 Å². The molecular weight excluding hydrogens is 472 g/mol. The second kappa shape index (κ2) is 9.31. The van der Waals surface area contributed by atoms with Crippen molar-refractivity contribution in [3.05, 3.63) is 102 Å². The van der Waals surface area contributed by atoms with E-state index in [-0.39, 0.29) is 10.6 Å². The van der Waals surface area contributed by atoms with Gasteiger partial charge in [-0.3, -0.25) is 9.71 Å². The summed E-state index contributed by atoms with van der Waals surface area (Å²) in [5.74, 6) is 0.779. The lowest BCUT2D eigenvalue weighted by Crippen LogP contribution is -2.14. The van der Waals surface area contributed by atoms with Gasteiger partial charge in [-0.15, -0.1) is 0 Å². The van der Waals surface area contributed by atoms with E-state index in [0.29, 0.717) is 28.3 Å². The molecule has 0 aliphatic rings. The van der Waals surface area contributed by atoms with Gasteiger partial charge in [-0.25, -0.2) is 13.4 Å². The second-order valence-electron chi connectivity index (χ2n) is 8.45. The van der Waals surface area contributed by atoms with Gasteiger partial charge in [0.25, 0.3) is 10.0 Å². The first-order valence-electron chi connectivity index (χ1n) is 11.3. The molecule has 0 saturated heterocycles. The monoisotopic (exact) mass is 496 g/mol. The third-order valence-electron chi connectivity index (χ3n) is 5.90. The lowest BCUT2D eigenvalue weighted by atomic mass is 10.2. The van der Waals surface area contributed by atoms with Gasteiger partial charge >= 0.3 is 0 Å². The van der Waals surface area contributed by atoms with Crippen molar-refractivity contribution >= 4 is 38.6 Å². The molecule has 0 fully saturated rings. The number of phenolic OH excluding ortho intramolecular Hbond substituents is 1. The van der Waals surface area contributed by atoms with Crippen LogP contribution in [-0.2, 0) is 17.1 Å². The molecule has 7 nitrogen and oxygen atoms in total. The number of aryl methyl sites for hydroxylation is 2. The lowest BCUT2D eigenvalue weighted by Gasteiger charge is -2.13. The number of sulfonamides is 1. The molecule has 0 unspecified atom stereocenters. The zero-order valence-electron chi connectivity index (χ0n) is 19.8. The van der Waals surface area contributed by atoms with Crippen molar-refractivity contribution in [2.24, 2.45) is 12.0 Å². The Morgan fingerprint density at radius 2 is 1.67 bits per heavy atom. The fourth-order valence-electron chi connectivity index (χ4n) is 3.94. The first-order valence-corrected chi connectivity index (χ1v) is 12.8. The summed E-state index contributed by atoms with van der Waals surface area (Å²) >= 11 is 0. The van der Waals surface area contributed by atoms with Crippen LogP contribution in [0.4, 0.5) is 11.4 Å². The number of nitrogens with zero attached hydrogens (tertiary/aromatic N) is 3. The average molecular weight is 497 g/mol. The predicted octanol–water partition coefficient (Wildman–Crippen LogP) is 5.81. The summed E-state index contributed by atoms with van der Waals surface area (Å²) in [6, 6.07) is 26.5. The maximum absolute atomic E-state index is 13.0. The Hall–Kier alpha value is -4.43. The number of hydrogen-bond acceptors (Lipinski definition) is 5. The van der Waals surface area contributed by atoms with Crippen molar-refractivity contribution in [2.75, 3.05) is 4.72 Å². The van der Waals surface area contributed by atoms with E-state index in [9.17, 15) is 13.5 Å². The topological polar surface area (TPSA) is 96.6 Å². The highest BCUT2D eigenvalue weighted by molar-refractivity contribution is 7.92. The highest BCUT2D eigenvalue weighted by Crippen LogP contribution is 2.32. The molecule has 0 amide bonds. The van der Waals surface area contributed by atoms with Gasteiger partial charge in [0, 0.05) is 24.4 Å². The minimum absolute atomic E-state index is 0.159. The number of nitrogens with one attached hydrogen (secondary N) is 1. The van der Waals surface area contributed by atoms with Crippen LogP contribution in [0.25, 0.3) is 22.4 Å². The van der Waals surface area contributed by atoms with Crippen molar-refractivity contribution < 1.29 is 13.5 Å². The van der Waals surface area contributed by atoms with E-state index in [4.69, 9.17) is 4.98 Å². The van der Waals surface area contributed by atoms with Crippen LogP contribution in [0.15, 0.2) is 101 Å². The normalized spacial score (nSPS) is 11.8. The van der Waals surface area contributed by atoms with Crippen LogP contribution in [0.3, 0.4) is 0 Å². The van der Waals surface area contributed by atoms with Crippen molar-refractivity contribution in [2.45, 2.75) is 11.8 Å². The molecule has 5 aromatic rings. The van der Waals surface area contributed by atoms with E-state index in [1.54, 1.807) is 60.8 Å². The van der Waals surface area contributed by atoms with E-state index in [1.807, 2.05) is 54.9 Å². The number of fused-ring (bicyclic) bond motifs is 1. The minimum Gasteiger partial charge on any atom is -0.507 e. The number of benzene rings is 4. The molecule has 2 N–H and O–H groups in total. The van der Waals surface area contributed by atoms with Crippen LogP contribution in [0.2, 0.25) is 0 Å². The number of para-hydroxylation sites is 2. The fraction of sp³-hybridized carbons (Fsp3) is 0.0714. The highest BCUT2D eigenvalue weighted by atomic mass is 32.2. The van der Waals surface area contributed by atoms with Gasteiger partial charge in [-0.1, -0.05) is 42.0 Å². The number of anilines is 1. The Morgan fingerprint density at radius 3 is 2.44 bits per heavy atom. The summed E-state index contributed by atoms with van der Waals surface area (Å²) in [4.78, 5) is 9.47. The van der Waals surface area contributed by atoms with Crippen LogP contribution < -0.4 is 4.72 Å². The molecule has 0 aliphatic heterocycles. The summed E-state index contributed by atoms with van der Waals surface area (Å²) in [5, 5.41) is 9.96. The maximum atomic E-state index is 13.0. The first-order chi connectivity index (χ1) is 17.3. The standard InChI is InChI=1S/C28H24N4O3S/c1-19-11-14-22(15-12-19)36(34,35)31-24-9-5-4-8-23(24)28-30-25-17-21(13-16-26(25)32(28)2)29-18-20-7-3-6-10-27(20)33/h3-18,31,33H,1-2H3. The third kappa shape index (κ3) is 4.58. The van der Waals surface area contributed by atoms with Crippen LogP contribution >= 0.6 is 0 Å². The molecule has 4 aromatic carbocycles. The van der Waals surface area contributed by atoms with Crippen LogP contribution in [-0.4, -0.2) is 29.3 Å².